The van der Waals surface area contributed by atoms with E-state index in [9.17, 15) is 18.0 Å². The molecule has 0 radical (unpaired) electrons. The van der Waals surface area contributed by atoms with Gasteiger partial charge in [0.1, 0.15) is 11.4 Å². The van der Waals surface area contributed by atoms with E-state index in [2.05, 4.69) is 21.8 Å². The Balaban J connectivity index is 1.70. The monoisotopic (exact) mass is 400 g/mol. The molecule has 0 atom stereocenters. The van der Waals surface area contributed by atoms with Gasteiger partial charge in [0.25, 0.3) is 0 Å². The van der Waals surface area contributed by atoms with E-state index in [0.717, 1.165) is 37.5 Å². The third-order valence-corrected chi connectivity index (χ3v) is 5.10. The van der Waals surface area contributed by atoms with Crippen LogP contribution in [0.4, 0.5) is 13.2 Å². The molecule has 146 valence electrons. The predicted octanol–water partition coefficient (Wildman–Crippen LogP) is 3.01. The minimum atomic E-state index is -4.61. The van der Waals surface area contributed by atoms with Crippen LogP contribution in [0.5, 0.6) is 0 Å². The summed E-state index contributed by atoms with van der Waals surface area (Å²) in [6.07, 6.45) is -3.25. The van der Waals surface area contributed by atoms with E-state index < -0.39 is 11.9 Å². The number of thioether (sulfide) groups is 1. The topological polar surface area (TPSA) is 62.5 Å². The first kappa shape index (κ1) is 19.7. The zero-order chi connectivity index (χ0) is 19.4. The number of carbonyl (C=O) groups excluding carboxylic acids is 1. The van der Waals surface area contributed by atoms with Crippen molar-refractivity contribution >= 4 is 17.7 Å². The van der Waals surface area contributed by atoms with Gasteiger partial charge in [0.15, 0.2) is 10.9 Å². The van der Waals surface area contributed by atoms with Gasteiger partial charge >= 0.3 is 6.18 Å². The Morgan fingerprint density at radius 2 is 2.00 bits per heavy atom. The van der Waals surface area contributed by atoms with Crippen LogP contribution < -0.4 is 0 Å². The van der Waals surface area contributed by atoms with Gasteiger partial charge in [0, 0.05) is 26.2 Å². The Labute approximate surface area is 158 Å². The van der Waals surface area contributed by atoms with Gasteiger partial charge in [0.2, 0.25) is 5.91 Å². The van der Waals surface area contributed by atoms with E-state index in [1.165, 1.54) is 12.3 Å². The van der Waals surface area contributed by atoms with Crippen molar-refractivity contribution in [1.82, 2.24) is 19.8 Å². The fourth-order valence-corrected chi connectivity index (χ4v) is 3.48. The number of hydrogen-bond donors (Lipinski definition) is 0. The molecular weight excluding hydrogens is 381 g/mol. The quantitative estimate of drug-likeness (QED) is 0.568. The van der Waals surface area contributed by atoms with E-state index in [-0.39, 0.29) is 28.3 Å². The van der Waals surface area contributed by atoms with Crippen molar-refractivity contribution in [3.8, 4) is 11.5 Å². The van der Waals surface area contributed by atoms with Crippen LogP contribution in [0.1, 0.15) is 12.6 Å². The van der Waals surface area contributed by atoms with Crippen molar-refractivity contribution in [2.24, 2.45) is 0 Å². The molecule has 0 bridgehead atoms. The number of rotatable bonds is 5. The standard InChI is InChI=1S/C17H19F3N4O2S/c1-2-23-5-7-24(8-6-23)15(25)11-27-16-21-12(13-4-3-9-26-13)10-14(22-16)17(18,19)20/h3-4,9-10H,2,5-8,11H2,1H3. The van der Waals surface area contributed by atoms with Crippen LogP contribution in [-0.2, 0) is 11.0 Å². The maximum Gasteiger partial charge on any atom is 0.433 e. The number of nitrogens with zero attached hydrogens (tertiary/aromatic N) is 4. The van der Waals surface area contributed by atoms with Crippen molar-refractivity contribution in [2.75, 3.05) is 38.5 Å². The average Bonchev–Trinajstić information content (AvgIpc) is 3.20. The molecule has 2 aromatic heterocycles. The molecule has 6 nitrogen and oxygen atoms in total. The lowest BCUT2D eigenvalue weighted by atomic mass is 10.2. The van der Waals surface area contributed by atoms with Gasteiger partial charge in [-0.25, -0.2) is 9.97 Å². The highest BCUT2D eigenvalue weighted by atomic mass is 32.2. The van der Waals surface area contributed by atoms with Gasteiger partial charge in [-0.15, -0.1) is 0 Å². The lowest BCUT2D eigenvalue weighted by Gasteiger charge is -2.33. The molecule has 1 saturated heterocycles. The maximum absolute atomic E-state index is 13.1. The van der Waals surface area contributed by atoms with Gasteiger partial charge in [0.05, 0.1) is 12.0 Å². The predicted molar refractivity (Wildman–Crippen MR) is 94.2 cm³/mol. The normalized spacial score (nSPS) is 15.9. The molecule has 1 fully saturated rings. The van der Waals surface area contributed by atoms with Crippen molar-refractivity contribution in [1.29, 1.82) is 0 Å². The van der Waals surface area contributed by atoms with E-state index in [1.54, 1.807) is 11.0 Å². The molecule has 3 rings (SSSR count). The molecule has 0 aromatic carbocycles. The first-order chi connectivity index (χ1) is 12.9. The third-order valence-electron chi connectivity index (χ3n) is 4.27. The number of aromatic nitrogens is 2. The highest BCUT2D eigenvalue weighted by Crippen LogP contribution is 2.32. The van der Waals surface area contributed by atoms with E-state index >= 15 is 0 Å². The van der Waals surface area contributed by atoms with E-state index in [0.29, 0.717) is 13.1 Å². The second-order valence-electron chi connectivity index (χ2n) is 6.00. The molecule has 1 amide bonds. The van der Waals surface area contributed by atoms with Crippen LogP contribution in [0.3, 0.4) is 0 Å². The molecule has 0 aliphatic carbocycles. The number of furan rings is 1. The summed E-state index contributed by atoms with van der Waals surface area (Å²) in [7, 11) is 0. The van der Waals surface area contributed by atoms with Crippen LogP contribution in [-0.4, -0.2) is 64.2 Å². The Morgan fingerprint density at radius 1 is 1.26 bits per heavy atom. The van der Waals surface area contributed by atoms with Crippen molar-refractivity contribution in [2.45, 2.75) is 18.3 Å². The van der Waals surface area contributed by atoms with Crippen LogP contribution in [0.25, 0.3) is 11.5 Å². The number of carbonyl (C=O) groups is 1. The lowest BCUT2D eigenvalue weighted by molar-refractivity contribution is -0.141. The molecule has 1 aliphatic heterocycles. The summed E-state index contributed by atoms with van der Waals surface area (Å²) >= 11 is 0.902. The maximum atomic E-state index is 13.1. The van der Waals surface area contributed by atoms with Crippen LogP contribution in [0.15, 0.2) is 34.0 Å². The number of hydrogen-bond acceptors (Lipinski definition) is 6. The molecule has 0 N–H and O–H groups in total. The smallest absolute Gasteiger partial charge is 0.433 e. The summed E-state index contributed by atoms with van der Waals surface area (Å²) < 4.78 is 44.6. The molecule has 3 heterocycles. The average molecular weight is 400 g/mol. The highest BCUT2D eigenvalue weighted by molar-refractivity contribution is 7.99. The van der Waals surface area contributed by atoms with Gasteiger partial charge in [-0.05, 0) is 24.7 Å². The second kappa shape index (κ2) is 8.30. The SMILES string of the molecule is CCN1CCN(C(=O)CSc2nc(-c3ccco3)cc(C(F)(F)F)n2)CC1. The van der Waals surface area contributed by atoms with E-state index in [4.69, 9.17) is 4.42 Å². The Bertz CT molecular complexity index is 775. The fraction of sp³-hybridized carbons (Fsp3) is 0.471. The summed E-state index contributed by atoms with van der Waals surface area (Å²) in [5.41, 5.74) is -1.02. The van der Waals surface area contributed by atoms with Crippen LogP contribution in [0, 0.1) is 0 Å². The number of likely N-dealkylation sites (N-methyl/N-ethyl adjacent to an activating group) is 1. The summed E-state index contributed by atoms with van der Waals surface area (Å²) in [6.45, 7) is 5.84. The first-order valence-electron chi connectivity index (χ1n) is 8.50. The third kappa shape index (κ3) is 5.01. The molecule has 2 aromatic rings. The van der Waals surface area contributed by atoms with Crippen molar-refractivity contribution in [3.05, 3.63) is 30.2 Å². The zero-order valence-electron chi connectivity index (χ0n) is 14.7. The van der Waals surface area contributed by atoms with Gasteiger partial charge in [-0.2, -0.15) is 13.2 Å². The zero-order valence-corrected chi connectivity index (χ0v) is 15.5. The Kier molecular flexibility index (Phi) is 6.05. The molecular formula is C17H19F3N4O2S. The molecule has 1 aliphatic rings. The van der Waals surface area contributed by atoms with Crippen molar-refractivity contribution in [3.63, 3.8) is 0 Å². The lowest BCUT2D eigenvalue weighted by Crippen LogP contribution is -2.49. The summed E-state index contributed by atoms with van der Waals surface area (Å²) in [5, 5.41) is -0.100. The van der Waals surface area contributed by atoms with Crippen LogP contribution >= 0.6 is 11.8 Å². The van der Waals surface area contributed by atoms with E-state index in [1.807, 2.05) is 0 Å². The Morgan fingerprint density at radius 3 is 2.59 bits per heavy atom. The van der Waals surface area contributed by atoms with Gasteiger partial charge < -0.3 is 14.2 Å². The highest BCUT2D eigenvalue weighted by Gasteiger charge is 2.34. The fourth-order valence-electron chi connectivity index (χ4n) is 2.72. The minimum absolute atomic E-state index is 0.00890. The Hall–Kier alpha value is -2.07. The first-order valence-corrected chi connectivity index (χ1v) is 9.48. The molecule has 0 unspecified atom stereocenters. The summed E-state index contributed by atoms with van der Waals surface area (Å²) in [5.74, 6) is 0.0773. The number of alkyl halides is 3. The van der Waals surface area contributed by atoms with Crippen LogP contribution in [0.2, 0.25) is 0 Å². The minimum Gasteiger partial charge on any atom is -0.463 e. The number of piperazine rings is 1. The second-order valence-corrected chi connectivity index (χ2v) is 6.94. The summed E-state index contributed by atoms with van der Waals surface area (Å²) in [6, 6.07) is 3.93. The molecule has 0 saturated carbocycles. The largest absolute Gasteiger partial charge is 0.463 e. The van der Waals surface area contributed by atoms with Crippen molar-refractivity contribution < 1.29 is 22.4 Å². The molecule has 0 spiro atoms. The summed E-state index contributed by atoms with van der Waals surface area (Å²) in [4.78, 5) is 24.0. The number of halogens is 3. The molecule has 27 heavy (non-hydrogen) atoms. The van der Waals surface area contributed by atoms with Gasteiger partial charge in [-0.3, -0.25) is 4.79 Å². The molecule has 10 heteroatoms. The number of amides is 1. The van der Waals surface area contributed by atoms with Gasteiger partial charge in [-0.1, -0.05) is 18.7 Å².